The van der Waals surface area contributed by atoms with Crippen molar-refractivity contribution in [2.75, 3.05) is 49.8 Å². The fourth-order valence-corrected chi connectivity index (χ4v) is 15.4. The topological polar surface area (TPSA) is 252 Å². The van der Waals surface area contributed by atoms with Crippen molar-refractivity contribution < 1.29 is 53.0 Å². The van der Waals surface area contributed by atoms with Gasteiger partial charge in [0.15, 0.2) is 23.0 Å². The van der Waals surface area contributed by atoms with Crippen LogP contribution in [0.1, 0.15) is 81.9 Å². The number of carboxylic acids is 1. The van der Waals surface area contributed by atoms with Crippen LogP contribution in [-0.4, -0.2) is 120 Å². The number of carbonyl (C=O) groups excluding carboxylic acids is 1. The van der Waals surface area contributed by atoms with Crippen molar-refractivity contribution in [2.45, 2.75) is 0 Å². The van der Waals surface area contributed by atoms with E-state index >= 15 is 0 Å². The highest BCUT2D eigenvalue weighted by Crippen LogP contribution is 2.34. The molecular formula is C115H93N11O11. The zero-order valence-electron chi connectivity index (χ0n) is 75.9. The molecule has 0 bridgehead atoms. The van der Waals surface area contributed by atoms with E-state index in [2.05, 4.69) is 169 Å². The third kappa shape index (κ3) is 22.2. The van der Waals surface area contributed by atoms with Crippen LogP contribution in [0, 0.1) is 11.3 Å². The lowest BCUT2D eigenvalue weighted by Crippen LogP contribution is -2.03. The molecule has 5 aromatic heterocycles. The second-order valence-electron chi connectivity index (χ2n) is 31.0. The van der Waals surface area contributed by atoms with E-state index in [0.29, 0.717) is 34.1 Å². The summed E-state index contributed by atoms with van der Waals surface area (Å²) in [7, 11) is 10.8. The number of esters is 1. The highest BCUT2D eigenvalue weighted by Gasteiger charge is 2.17. The number of carbonyl (C=O) groups is 2. The summed E-state index contributed by atoms with van der Waals surface area (Å²) in [5.74, 6) is 2.03. The molecule has 20 rings (SSSR count). The second kappa shape index (κ2) is 43.9. The monoisotopic (exact) mass is 1800 g/mol. The maximum Gasteiger partial charge on any atom is 0.341 e. The normalized spacial score (nSPS) is 11.1. The van der Waals surface area contributed by atoms with Crippen LogP contribution in [-0.2, 0) is 4.74 Å². The van der Waals surface area contributed by atoms with Crippen molar-refractivity contribution >= 4 is 128 Å². The number of phenolic OH excluding ortho intramolecular Hbond substituents is 1. The van der Waals surface area contributed by atoms with E-state index in [1.165, 1.54) is 21.3 Å². The number of nitrogens with zero attached hydrogens (tertiary/aromatic N) is 11. The van der Waals surface area contributed by atoms with Crippen molar-refractivity contribution in [3.63, 3.8) is 0 Å². The molecule has 22 nitrogen and oxygen atoms in total. The number of ether oxygens (including phenoxy) is 7. The molecule has 5 heterocycles. The summed E-state index contributed by atoms with van der Waals surface area (Å²) in [6.07, 6.45) is 29.4. The zero-order chi connectivity index (χ0) is 94.9. The lowest BCUT2D eigenvalue weighted by atomic mass is 10.1. The largest absolute Gasteiger partial charge is 0.504 e. The van der Waals surface area contributed by atoms with Gasteiger partial charge < -0.3 is 43.4 Å². The molecule has 0 fully saturated rings. The van der Waals surface area contributed by atoms with Crippen molar-refractivity contribution in [1.29, 1.82) is 5.26 Å². The van der Waals surface area contributed by atoms with Crippen molar-refractivity contribution in [2.24, 2.45) is 0 Å². The maximum atomic E-state index is 11.8. The van der Waals surface area contributed by atoms with E-state index in [-0.39, 0.29) is 11.3 Å². The molecule has 2 N–H and O–H groups in total. The highest BCUT2D eigenvalue weighted by atomic mass is 16.5. The van der Waals surface area contributed by atoms with Crippen LogP contribution >= 0.6 is 0 Å². The Morgan fingerprint density at radius 3 is 0.825 bits per heavy atom. The molecule has 137 heavy (non-hydrogen) atoms. The van der Waals surface area contributed by atoms with Crippen LogP contribution in [0.4, 0.5) is 0 Å². The average molecular weight is 1810 g/mol. The Hall–Kier alpha value is -18.6. The third-order valence-corrected chi connectivity index (χ3v) is 22.4. The van der Waals surface area contributed by atoms with Gasteiger partial charge in [-0.15, -0.1) is 0 Å². The summed E-state index contributed by atoms with van der Waals surface area (Å²) in [5, 5.41) is 28.0. The van der Waals surface area contributed by atoms with E-state index in [1.807, 2.05) is 268 Å². The van der Waals surface area contributed by atoms with Gasteiger partial charge in [-0.1, -0.05) is 212 Å². The summed E-state index contributed by atoms with van der Waals surface area (Å²) in [5.41, 5.74) is 26.7. The van der Waals surface area contributed by atoms with Crippen LogP contribution in [0.15, 0.2) is 365 Å². The quantitative estimate of drug-likeness (QED) is 0.0446. The van der Waals surface area contributed by atoms with Gasteiger partial charge in [0.05, 0.1) is 110 Å². The Kier molecular flexibility index (Phi) is 29.4. The molecule has 0 aliphatic rings. The minimum Gasteiger partial charge on any atom is -0.504 e. The number of aromatic carboxylic acids is 1. The molecule has 0 radical (unpaired) electrons. The SMILES string of the molecule is COC(=O)c1ccc(/C=C/c2cccc(-n3cnc4ccccc43)c2)cc1OC.COc1cc(/C=C/c2cccc(-n3cnc4ccccc43)c2)ccc1C#N.COc1cc(/C=C/c2cccc(-n3cnc4ccccc43)c2)ccc1C(=O)O.COc1cc(/C=C/c2cccc(-n3cnc4ccccc43)c2)ccc1O.COc1ccc(/C=C/c2cccc(-n3cnc4ccccc43)c2)cc1OC. The lowest BCUT2D eigenvalue weighted by molar-refractivity contribution is 0.0596. The first kappa shape index (κ1) is 91.7. The third-order valence-electron chi connectivity index (χ3n) is 22.4. The Morgan fingerprint density at radius 2 is 0.526 bits per heavy atom. The Bertz CT molecular complexity index is 7940. The number of carboxylic acid groups (broad SMARTS) is 1. The fourth-order valence-electron chi connectivity index (χ4n) is 15.4. The number of fused-ring (bicyclic) bond motifs is 5. The van der Waals surface area contributed by atoms with Crippen molar-refractivity contribution in [3.05, 3.63) is 438 Å². The fraction of sp³-hybridized carbons (Fsp3) is 0.0609. The molecule has 674 valence electrons. The van der Waals surface area contributed by atoms with Crippen LogP contribution < -0.4 is 28.4 Å². The van der Waals surface area contributed by atoms with Gasteiger partial charge in [0.2, 0.25) is 0 Å². The van der Waals surface area contributed by atoms with E-state index in [4.69, 9.17) is 38.4 Å². The molecular weight excluding hydrogens is 1710 g/mol. The number of methoxy groups -OCH3 is 7. The van der Waals surface area contributed by atoms with Gasteiger partial charge in [-0.25, -0.2) is 34.5 Å². The van der Waals surface area contributed by atoms with Crippen LogP contribution in [0.25, 0.3) is 144 Å². The molecule has 0 atom stereocenters. The van der Waals surface area contributed by atoms with E-state index in [9.17, 15) is 19.8 Å². The molecule has 0 unspecified atom stereocenters. The van der Waals surface area contributed by atoms with Gasteiger partial charge in [0, 0.05) is 28.4 Å². The first-order chi connectivity index (χ1) is 67.1. The first-order valence-corrected chi connectivity index (χ1v) is 43.5. The molecule has 15 aromatic carbocycles. The number of phenols is 1. The average Bonchev–Trinajstić information content (AvgIpc) is 1.68. The van der Waals surface area contributed by atoms with Crippen LogP contribution in [0.2, 0.25) is 0 Å². The number of aromatic nitrogens is 10. The number of rotatable bonds is 23. The van der Waals surface area contributed by atoms with Gasteiger partial charge in [-0.05, 0) is 238 Å². The highest BCUT2D eigenvalue weighted by molar-refractivity contribution is 5.94. The van der Waals surface area contributed by atoms with E-state index < -0.39 is 11.9 Å². The summed E-state index contributed by atoms with van der Waals surface area (Å²) >= 11 is 0. The van der Waals surface area contributed by atoms with E-state index in [1.54, 1.807) is 70.9 Å². The van der Waals surface area contributed by atoms with E-state index in [0.717, 1.165) is 151 Å². The van der Waals surface area contributed by atoms with Gasteiger partial charge >= 0.3 is 11.9 Å². The maximum absolute atomic E-state index is 11.8. The summed E-state index contributed by atoms with van der Waals surface area (Å²) < 4.78 is 46.8. The predicted octanol–water partition coefficient (Wildman–Crippen LogP) is 25.1. The van der Waals surface area contributed by atoms with Crippen molar-refractivity contribution in [1.82, 2.24) is 47.8 Å². The molecule has 0 saturated carbocycles. The van der Waals surface area contributed by atoms with Crippen LogP contribution in [0.5, 0.6) is 40.2 Å². The predicted molar refractivity (Wildman–Crippen MR) is 546 cm³/mol. The minimum absolute atomic E-state index is 0.138. The molecule has 0 amide bonds. The van der Waals surface area contributed by atoms with Gasteiger partial charge in [0.25, 0.3) is 0 Å². The number of benzene rings is 15. The van der Waals surface area contributed by atoms with Crippen LogP contribution in [0.3, 0.4) is 0 Å². The molecule has 0 spiro atoms. The first-order valence-electron chi connectivity index (χ1n) is 43.5. The zero-order valence-corrected chi connectivity index (χ0v) is 75.9. The molecule has 0 saturated heterocycles. The summed E-state index contributed by atoms with van der Waals surface area (Å²) in [4.78, 5) is 45.3. The molecule has 22 heteroatoms. The lowest BCUT2D eigenvalue weighted by Gasteiger charge is -2.08. The molecule has 20 aromatic rings. The number of hydrogen-bond donors (Lipinski definition) is 2. The Balaban J connectivity index is 0.000000124. The number of imidazole rings is 5. The standard InChI is InChI=1S/C24H20N2O3.C23H17N3O.C23H18N2O3.C23H20N2O2.C22H18N2O2/c1-28-23-15-18(12-13-20(23)24(27)29-2)11-10-17-6-5-7-19(14-17)26-16-25-21-8-3-4-9-22(21)26;1-27-23-14-18(11-12-19(23)15-24)10-9-17-5-4-6-20(13-17)26-16-25-21-7-2-3-8-22(21)26;1-28-22-14-17(11-12-19(22)23(26)27)10-9-16-5-4-6-18(13-16)25-15-24-20-7-2-3-8-21(20)25;1-26-22-13-12-18(15-23(22)27-2)11-10-17-6-5-7-19(14-17)25-16-24-20-8-3-4-9-21(20)25;1-26-22-14-17(11-12-21(22)25)10-9-16-5-4-6-18(13-16)24-15-23-19-7-2-3-8-20(19)24/h3-16H,1-2H3;2-14,16H,1H3;2-15H,1H3,(H,26,27);3-16H,1-2H3;2-15,25H,1H3/b11-10+;2*10-9+;11-10+;10-9+. The Labute approximate surface area is 791 Å². The number of para-hydroxylation sites is 10. The van der Waals surface area contributed by atoms with Gasteiger partial charge in [-0.3, -0.25) is 22.8 Å². The smallest absolute Gasteiger partial charge is 0.341 e. The number of nitriles is 1. The van der Waals surface area contributed by atoms with Gasteiger partial charge in [0.1, 0.15) is 66.1 Å². The Morgan fingerprint density at radius 1 is 0.270 bits per heavy atom. The minimum atomic E-state index is -1.01. The number of hydrogen-bond acceptors (Lipinski definition) is 16. The van der Waals surface area contributed by atoms with Crippen molar-refractivity contribution in [3.8, 4) is 74.8 Å². The summed E-state index contributed by atoms with van der Waals surface area (Å²) in [6.45, 7) is 0. The van der Waals surface area contributed by atoms with Gasteiger partial charge in [-0.2, -0.15) is 5.26 Å². The molecule has 0 aliphatic heterocycles. The second-order valence-corrected chi connectivity index (χ2v) is 31.0. The summed E-state index contributed by atoms with van der Waals surface area (Å²) in [6, 6.07) is 111. The number of aromatic hydroxyl groups is 1. The molecule has 0 aliphatic carbocycles.